The number of hydrogen-bond acceptors (Lipinski definition) is 4. The molecule has 2 aromatic rings. The van der Waals surface area contributed by atoms with Gasteiger partial charge < -0.3 is 14.8 Å². The highest BCUT2D eigenvalue weighted by Gasteiger charge is 2.26. The van der Waals surface area contributed by atoms with Crippen LogP contribution in [-0.4, -0.2) is 17.7 Å². The maximum Gasteiger partial charge on any atom is 0.408 e. The van der Waals surface area contributed by atoms with Crippen LogP contribution in [-0.2, 0) is 4.74 Å². The molecule has 6 heteroatoms. The van der Waals surface area contributed by atoms with Gasteiger partial charge in [0.1, 0.15) is 17.5 Å². The third-order valence-corrected chi connectivity index (χ3v) is 4.34. The third-order valence-electron chi connectivity index (χ3n) is 3.62. The Kier molecular flexibility index (Phi) is 7.08. The number of hydrogen-bond donors (Lipinski definition) is 1. The van der Waals surface area contributed by atoms with E-state index >= 15 is 0 Å². The van der Waals surface area contributed by atoms with Crippen LogP contribution in [0.2, 0.25) is 0 Å². The Hall–Kier alpha value is -2.27. The van der Waals surface area contributed by atoms with Crippen LogP contribution < -0.4 is 10.1 Å². The van der Waals surface area contributed by atoms with Gasteiger partial charge in [-0.15, -0.1) is 0 Å². The standard InChI is InChI=1S/C21H23IN2O3/c1-14(24-20(25)27-21(2,3)4)19(16-7-5-6-15(12-16)13-23)26-18-10-8-17(22)9-11-18/h5-12,14,19H,1-4H3,(H,24,25). The Morgan fingerprint density at radius 1 is 1.19 bits per heavy atom. The smallest absolute Gasteiger partial charge is 0.408 e. The lowest BCUT2D eigenvalue weighted by molar-refractivity contribution is 0.0455. The van der Waals surface area contributed by atoms with E-state index in [1.807, 2.05) is 58.0 Å². The molecule has 0 aromatic heterocycles. The fourth-order valence-corrected chi connectivity index (χ4v) is 2.83. The molecule has 0 radical (unpaired) electrons. The molecular weight excluding hydrogens is 455 g/mol. The molecule has 142 valence electrons. The van der Waals surface area contributed by atoms with Crippen molar-refractivity contribution in [3.8, 4) is 11.8 Å². The number of amides is 1. The van der Waals surface area contributed by atoms with Gasteiger partial charge in [0, 0.05) is 3.57 Å². The fourth-order valence-electron chi connectivity index (χ4n) is 2.47. The van der Waals surface area contributed by atoms with E-state index in [1.165, 1.54) is 0 Å². The van der Waals surface area contributed by atoms with E-state index in [1.54, 1.807) is 18.2 Å². The molecule has 27 heavy (non-hydrogen) atoms. The summed E-state index contributed by atoms with van der Waals surface area (Å²) in [4.78, 5) is 12.2. The maximum atomic E-state index is 12.2. The van der Waals surface area contributed by atoms with Crippen molar-refractivity contribution in [3.05, 3.63) is 63.2 Å². The Morgan fingerprint density at radius 2 is 1.85 bits per heavy atom. The number of benzene rings is 2. The minimum atomic E-state index is -0.586. The van der Waals surface area contributed by atoms with Crippen molar-refractivity contribution >= 4 is 28.7 Å². The number of nitrogens with zero attached hydrogens (tertiary/aromatic N) is 1. The molecule has 0 aliphatic carbocycles. The number of ether oxygens (including phenoxy) is 2. The SMILES string of the molecule is CC(NC(=O)OC(C)(C)C)C(Oc1ccc(I)cc1)c1cccc(C#N)c1. The molecule has 1 amide bonds. The van der Waals surface area contributed by atoms with E-state index in [0.29, 0.717) is 11.3 Å². The molecule has 5 nitrogen and oxygen atoms in total. The zero-order chi connectivity index (χ0) is 20.0. The fraction of sp³-hybridized carbons (Fsp3) is 0.333. The van der Waals surface area contributed by atoms with Crippen LogP contribution in [0.5, 0.6) is 5.75 Å². The van der Waals surface area contributed by atoms with E-state index in [2.05, 4.69) is 34.0 Å². The van der Waals surface area contributed by atoms with Crippen LogP contribution in [0.25, 0.3) is 0 Å². The van der Waals surface area contributed by atoms with Crippen molar-refractivity contribution in [1.29, 1.82) is 5.26 Å². The summed E-state index contributed by atoms with van der Waals surface area (Å²) in [5.41, 5.74) is 0.751. The molecule has 0 aliphatic rings. The molecule has 2 aromatic carbocycles. The maximum absolute atomic E-state index is 12.2. The summed E-state index contributed by atoms with van der Waals surface area (Å²) in [7, 11) is 0. The number of carbonyl (C=O) groups excluding carboxylic acids is 1. The summed E-state index contributed by atoms with van der Waals surface area (Å²) in [5, 5.41) is 12.0. The van der Waals surface area contributed by atoms with Gasteiger partial charge in [-0.1, -0.05) is 12.1 Å². The molecule has 2 atom stereocenters. The van der Waals surface area contributed by atoms with Crippen LogP contribution in [0.15, 0.2) is 48.5 Å². The zero-order valence-corrected chi connectivity index (χ0v) is 18.0. The zero-order valence-electron chi connectivity index (χ0n) is 15.8. The van der Waals surface area contributed by atoms with Crippen molar-refractivity contribution in [2.75, 3.05) is 0 Å². The predicted molar refractivity (Wildman–Crippen MR) is 113 cm³/mol. The van der Waals surface area contributed by atoms with E-state index < -0.39 is 17.8 Å². The van der Waals surface area contributed by atoms with Crippen molar-refractivity contribution in [2.45, 2.75) is 45.4 Å². The average Bonchev–Trinajstić information content (AvgIpc) is 2.59. The second-order valence-corrected chi connectivity index (χ2v) is 8.41. The van der Waals surface area contributed by atoms with Gasteiger partial charge in [-0.3, -0.25) is 0 Å². The van der Waals surface area contributed by atoms with Gasteiger partial charge >= 0.3 is 6.09 Å². The van der Waals surface area contributed by atoms with Crippen LogP contribution >= 0.6 is 22.6 Å². The Morgan fingerprint density at radius 3 is 2.44 bits per heavy atom. The van der Waals surface area contributed by atoms with Crippen LogP contribution in [0.4, 0.5) is 4.79 Å². The van der Waals surface area contributed by atoms with E-state index in [-0.39, 0.29) is 6.04 Å². The van der Waals surface area contributed by atoms with Crippen LogP contribution in [0, 0.1) is 14.9 Å². The van der Waals surface area contributed by atoms with Gasteiger partial charge in [0.2, 0.25) is 0 Å². The number of rotatable bonds is 5. The lowest BCUT2D eigenvalue weighted by Gasteiger charge is -2.28. The van der Waals surface area contributed by atoms with Crippen molar-refractivity contribution in [1.82, 2.24) is 5.32 Å². The van der Waals surface area contributed by atoms with Crippen molar-refractivity contribution in [2.24, 2.45) is 0 Å². The van der Waals surface area contributed by atoms with Gasteiger partial charge in [-0.05, 0) is 92.2 Å². The molecule has 0 saturated heterocycles. The predicted octanol–water partition coefficient (Wildman–Crippen LogP) is 5.20. The van der Waals surface area contributed by atoms with Gasteiger partial charge in [0.05, 0.1) is 17.7 Å². The summed E-state index contributed by atoms with van der Waals surface area (Å²) in [5.74, 6) is 0.681. The first kappa shape index (κ1) is 21.0. The molecule has 1 N–H and O–H groups in total. The number of nitriles is 1. The molecule has 0 fully saturated rings. The summed E-state index contributed by atoms with van der Waals surface area (Å²) in [6, 6.07) is 16.6. The first-order chi connectivity index (χ1) is 12.7. The molecule has 2 unspecified atom stereocenters. The highest BCUT2D eigenvalue weighted by molar-refractivity contribution is 14.1. The molecule has 2 rings (SSSR count). The summed E-state index contributed by atoms with van der Waals surface area (Å²) in [6.45, 7) is 7.29. The molecule has 0 spiro atoms. The van der Waals surface area contributed by atoms with Crippen molar-refractivity contribution < 1.29 is 14.3 Å². The van der Waals surface area contributed by atoms with Gasteiger partial charge in [-0.25, -0.2) is 4.79 Å². The minimum absolute atomic E-state index is 0.381. The second kappa shape index (κ2) is 9.09. The van der Waals surface area contributed by atoms with Crippen LogP contribution in [0.1, 0.15) is 44.9 Å². The number of halogens is 1. The number of alkyl carbamates (subject to hydrolysis) is 1. The summed E-state index contributed by atoms with van der Waals surface area (Å²) in [6.07, 6.45) is -0.992. The van der Waals surface area contributed by atoms with E-state index in [4.69, 9.17) is 9.47 Å². The molecule has 0 saturated carbocycles. The molecule has 0 aliphatic heterocycles. The van der Waals surface area contributed by atoms with E-state index in [9.17, 15) is 10.1 Å². The van der Waals surface area contributed by atoms with Crippen molar-refractivity contribution in [3.63, 3.8) is 0 Å². The molecule has 0 heterocycles. The summed E-state index contributed by atoms with van der Waals surface area (Å²) >= 11 is 2.23. The lowest BCUT2D eigenvalue weighted by Crippen LogP contribution is -2.42. The normalized spacial score (nSPS) is 13.2. The molecule has 0 bridgehead atoms. The highest BCUT2D eigenvalue weighted by Crippen LogP contribution is 2.26. The third kappa shape index (κ3) is 6.75. The monoisotopic (exact) mass is 478 g/mol. The highest BCUT2D eigenvalue weighted by atomic mass is 127. The number of nitrogens with one attached hydrogen (secondary N) is 1. The van der Waals surface area contributed by atoms with Gasteiger partial charge in [0.15, 0.2) is 0 Å². The average molecular weight is 478 g/mol. The van der Waals surface area contributed by atoms with Crippen LogP contribution in [0.3, 0.4) is 0 Å². The Bertz CT molecular complexity index is 823. The first-order valence-corrected chi connectivity index (χ1v) is 9.67. The largest absolute Gasteiger partial charge is 0.484 e. The Balaban J connectivity index is 2.26. The number of carbonyl (C=O) groups is 1. The second-order valence-electron chi connectivity index (χ2n) is 7.16. The summed E-state index contributed by atoms with van der Waals surface area (Å²) < 4.78 is 12.6. The Labute approximate surface area is 173 Å². The van der Waals surface area contributed by atoms with Gasteiger partial charge in [0.25, 0.3) is 0 Å². The lowest BCUT2D eigenvalue weighted by atomic mass is 10.0. The minimum Gasteiger partial charge on any atom is -0.484 e. The molecular formula is C21H23IN2O3. The topological polar surface area (TPSA) is 71.3 Å². The van der Waals surface area contributed by atoms with Gasteiger partial charge in [-0.2, -0.15) is 5.26 Å². The first-order valence-electron chi connectivity index (χ1n) is 8.60. The van der Waals surface area contributed by atoms with E-state index in [0.717, 1.165) is 9.13 Å². The quantitative estimate of drug-likeness (QED) is 0.600.